The number of hydrogen-bond acceptors (Lipinski definition) is 8. The zero-order valence-corrected chi connectivity index (χ0v) is 11.9. The lowest BCUT2D eigenvalue weighted by Gasteiger charge is -2.00. The lowest BCUT2D eigenvalue weighted by atomic mass is 10.4. The van der Waals surface area contributed by atoms with E-state index in [-0.39, 0.29) is 0 Å². The Morgan fingerprint density at radius 2 is 1.28 bits per heavy atom. The number of tetrazole rings is 2. The molecule has 98 valence electrons. The van der Waals surface area contributed by atoms with Gasteiger partial charge in [-0.05, 0) is 33.7 Å². The first-order valence-electron chi connectivity index (χ1n) is 5.47. The van der Waals surface area contributed by atoms with Crippen LogP contribution in [0.1, 0.15) is 12.8 Å². The molecule has 0 radical (unpaired) electrons. The van der Waals surface area contributed by atoms with Crippen LogP contribution in [-0.4, -0.2) is 51.9 Å². The second-order valence-electron chi connectivity index (χ2n) is 3.57. The first-order valence-corrected chi connectivity index (χ1v) is 7.45. The molecule has 2 rings (SSSR count). The predicted molar refractivity (Wildman–Crippen MR) is 68.3 cm³/mol. The normalized spacial score (nSPS) is 11.0. The summed E-state index contributed by atoms with van der Waals surface area (Å²) in [6.07, 6.45) is 2.24. The minimum atomic E-state index is 0.861. The van der Waals surface area contributed by atoms with Crippen LogP contribution in [0.3, 0.4) is 0 Å². The van der Waals surface area contributed by atoms with Gasteiger partial charge in [0.1, 0.15) is 0 Å². The lowest BCUT2D eigenvalue weighted by molar-refractivity contribution is 0.663. The molecule has 0 atom stereocenters. The van der Waals surface area contributed by atoms with Crippen LogP contribution in [0.2, 0.25) is 0 Å². The molecule has 2 heterocycles. The van der Waals surface area contributed by atoms with E-state index in [1.54, 1.807) is 32.9 Å². The van der Waals surface area contributed by atoms with Gasteiger partial charge in [0.25, 0.3) is 0 Å². The van der Waals surface area contributed by atoms with Gasteiger partial charge in [-0.2, -0.15) is 0 Å². The predicted octanol–water partition coefficient (Wildman–Crippen LogP) is 0.398. The highest BCUT2D eigenvalue weighted by atomic mass is 32.2. The van der Waals surface area contributed by atoms with Gasteiger partial charge >= 0.3 is 0 Å². The Labute approximate surface area is 113 Å². The first kappa shape index (κ1) is 13.3. The van der Waals surface area contributed by atoms with Gasteiger partial charge in [-0.15, -0.1) is 10.2 Å². The highest BCUT2D eigenvalue weighted by molar-refractivity contribution is 7.99. The standard InChI is InChI=1S/C8H14N8S2/c1-15-7(9-11-13-15)17-5-3-4-6-18-8-10-12-14-16(8)2/h3-6H2,1-2H3. The van der Waals surface area contributed by atoms with Crippen LogP contribution in [0.25, 0.3) is 0 Å². The molecular formula is C8H14N8S2. The van der Waals surface area contributed by atoms with E-state index in [0.29, 0.717) is 0 Å². The second-order valence-corrected chi connectivity index (χ2v) is 5.70. The molecule has 2 aromatic heterocycles. The Morgan fingerprint density at radius 3 is 1.61 bits per heavy atom. The van der Waals surface area contributed by atoms with Gasteiger partial charge in [-0.1, -0.05) is 23.5 Å². The van der Waals surface area contributed by atoms with Crippen LogP contribution in [0.15, 0.2) is 10.3 Å². The smallest absolute Gasteiger partial charge is 0.209 e. The van der Waals surface area contributed by atoms with Crippen LogP contribution in [-0.2, 0) is 14.1 Å². The Hall–Kier alpha value is -1.16. The number of nitrogens with zero attached hydrogens (tertiary/aromatic N) is 8. The molecule has 0 N–H and O–H groups in total. The summed E-state index contributed by atoms with van der Waals surface area (Å²) in [4.78, 5) is 0. The molecule has 0 saturated heterocycles. The van der Waals surface area contributed by atoms with Crippen molar-refractivity contribution in [1.29, 1.82) is 0 Å². The first-order chi connectivity index (χ1) is 8.77. The van der Waals surface area contributed by atoms with Gasteiger partial charge in [0.15, 0.2) is 0 Å². The van der Waals surface area contributed by atoms with Gasteiger partial charge in [-0.3, -0.25) is 0 Å². The minimum absolute atomic E-state index is 0.861. The van der Waals surface area contributed by atoms with Gasteiger partial charge in [0, 0.05) is 25.6 Å². The third-order valence-corrected chi connectivity index (χ3v) is 4.36. The van der Waals surface area contributed by atoms with Crippen molar-refractivity contribution in [3.8, 4) is 0 Å². The number of aromatic nitrogens is 8. The summed E-state index contributed by atoms with van der Waals surface area (Å²) in [6.45, 7) is 0. The average molecular weight is 286 g/mol. The molecule has 0 aliphatic rings. The second kappa shape index (κ2) is 6.69. The topological polar surface area (TPSA) is 87.2 Å². The maximum atomic E-state index is 3.92. The van der Waals surface area contributed by atoms with E-state index in [4.69, 9.17) is 0 Å². The van der Waals surface area contributed by atoms with Gasteiger partial charge in [-0.25, -0.2) is 9.36 Å². The number of aryl methyl sites for hydroxylation is 2. The van der Waals surface area contributed by atoms with Gasteiger partial charge in [0.2, 0.25) is 10.3 Å². The molecule has 0 saturated carbocycles. The van der Waals surface area contributed by atoms with E-state index < -0.39 is 0 Å². The highest BCUT2D eigenvalue weighted by Crippen LogP contribution is 2.18. The third-order valence-electron chi connectivity index (χ3n) is 2.16. The van der Waals surface area contributed by atoms with Crippen molar-refractivity contribution >= 4 is 23.5 Å². The zero-order chi connectivity index (χ0) is 12.8. The van der Waals surface area contributed by atoms with E-state index >= 15 is 0 Å². The maximum absolute atomic E-state index is 3.92. The van der Waals surface area contributed by atoms with Crippen LogP contribution >= 0.6 is 23.5 Å². The number of unbranched alkanes of at least 4 members (excludes halogenated alkanes) is 1. The van der Waals surface area contributed by atoms with Crippen molar-refractivity contribution < 1.29 is 0 Å². The van der Waals surface area contributed by atoms with Gasteiger partial charge < -0.3 is 0 Å². The molecule has 2 aromatic rings. The summed E-state index contributed by atoms with van der Waals surface area (Å²) in [5, 5.41) is 24.3. The van der Waals surface area contributed by atoms with Crippen molar-refractivity contribution in [2.45, 2.75) is 23.2 Å². The molecule has 0 fully saturated rings. The maximum Gasteiger partial charge on any atom is 0.209 e. The van der Waals surface area contributed by atoms with Crippen LogP contribution in [0.5, 0.6) is 0 Å². The zero-order valence-electron chi connectivity index (χ0n) is 10.2. The van der Waals surface area contributed by atoms with Gasteiger partial charge in [0.05, 0.1) is 0 Å². The molecule has 0 aromatic carbocycles. The molecule has 0 spiro atoms. The SMILES string of the molecule is Cn1nnnc1SCCCCSc1nnnn1C. The van der Waals surface area contributed by atoms with E-state index in [1.165, 1.54) is 0 Å². The Balaban J connectivity index is 1.57. The number of hydrogen-bond donors (Lipinski definition) is 0. The number of rotatable bonds is 7. The molecule has 10 heteroatoms. The average Bonchev–Trinajstić information content (AvgIpc) is 2.94. The molecular weight excluding hydrogens is 272 g/mol. The van der Waals surface area contributed by atoms with Crippen molar-refractivity contribution in [3.63, 3.8) is 0 Å². The van der Waals surface area contributed by atoms with Crippen molar-refractivity contribution in [2.75, 3.05) is 11.5 Å². The largest absolute Gasteiger partial charge is 0.224 e. The van der Waals surface area contributed by atoms with Crippen molar-refractivity contribution in [1.82, 2.24) is 40.4 Å². The van der Waals surface area contributed by atoms with E-state index in [9.17, 15) is 0 Å². The third kappa shape index (κ3) is 3.67. The minimum Gasteiger partial charge on any atom is -0.224 e. The monoisotopic (exact) mass is 286 g/mol. The molecule has 18 heavy (non-hydrogen) atoms. The summed E-state index contributed by atoms with van der Waals surface area (Å²) in [6, 6.07) is 0. The number of thioether (sulfide) groups is 2. The van der Waals surface area contributed by atoms with Crippen molar-refractivity contribution in [3.05, 3.63) is 0 Å². The Morgan fingerprint density at radius 1 is 0.833 bits per heavy atom. The summed E-state index contributed by atoms with van der Waals surface area (Å²) in [7, 11) is 3.69. The molecule has 0 amide bonds. The summed E-state index contributed by atoms with van der Waals surface area (Å²) < 4.78 is 3.37. The molecule has 0 aliphatic heterocycles. The fourth-order valence-corrected chi connectivity index (χ4v) is 2.92. The van der Waals surface area contributed by atoms with Crippen LogP contribution in [0, 0.1) is 0 Å². The molecule has 8 nitrogen and oxygen atoms in total. The van der Waals surface area contributed by atoms with E-state index in [0.717, 1.165) is 34.7 Å². The molecule has 0 bridgehead atoms. The highest BCUT2D eigenvalue weighted by Gasteiger charge is 2.04. The fraction of sp³-hybridized carbons (Fsp3) is 0.750. The molecule has 0 aliphatic carbocycles. The summed E-state index contributed by atoms with van der Waals surface area (Å²) >= 11 is 3.35. The fourth-order valence-electron chi connectivity index (χ4n) is 1.22. The Bertz CT molecular complexity index is 437. The quantitative estimate of drug-likeness (QED) is 0.534. The summed E-state index contributed by atoms with van der Waals surface area (Å²) in [5.41, 5.74) is 0. The summed E-state index contributed by atoms with van der Waals surface area (Å²) in [5.74, 6) is 2.04. The lowest BCUT2D eigenvalue weighted by Crippen LogP contribution is -1.95. The molecule has 0 unspecified atom stereocenters. The van der Waals surface area contributed by atoms with Crippen LogP contribution in [0.4, 0.5) is 0 Å². The van der Waals surface area contributed by atoms with E-state index in [1.807, 2.05) is 14.1 Å². The Kier molecular flexibility index (Phi) is 4.93. The van der Waals surface area contributed by atoms with Crippen molar-refractivity contribution in [2.24, 2.45) is 14.1 Å². The van der Waals surface area contributed by atoms with E-state index in [2.05, 4.69) is 31.1 Å². The van der Waals surface area contributed by atoms with Crippen LogP contribution < -0.4 is 0 Å².